The summed E-state index contributed by atoms with van der Waals surface area (Å²) in [4.78, 5) is 13.3. The highest BCUT2D eigenvalue weighted by atomic mass is 32.2. The fraction of sp³-hybridized carbons (Fsp3) is 0.391. The van der Waals surface area contributed by atoms with Crippen LogP contribution >= 0.6 is 0 Å². The molecule has 0 saturated heterocycles. The largest absolute Gasteiger partial charge is 0.505 e. The Labute approximate surface area is 206 Å². The van der Waals surface area contributed by atoms with E-state index in [-0.39, 0.29) is 23.1 Å². The van der Waals surface area contributed by atoms with Crippen LogP contribution in [0, 0.1) is 0 Å². The number of hydrogen-bond acceptors (Lipinski definition) is 7. The maximum atomic E-state index is 13.5. The molecule has 1 aromatic carbocycles. The summed E-state index contributed by atoms with van der Waals surface area (Å²) >= 11 is 0. The minimum atomic E-state index is -4.91. The Morgan fingerprint density at radius 2 is 1.92 bits per heavy atom. The Bertz CT molecular complexity index is 1330. The molecule has 1 aliphatic rings. The summed E-state index contributed by atoms with van der Waals surface area (Å²) in [7, 11) is -1.58. The number of amides is 1. The number of nitrogens with zero attached hydrogens (tertiary/aromatic N) is 2. The molecule has 36 heavy (non-hydrogen) atoms. The van der Waals surface area contributed by atoms with Crippen LogP contribution in [0.15, 0.2) is 44.4 Å². The first-order valence-electron chi connectivity index (χ1n) is 11.0. The average Bonchev–Trinajstić information content (AvgIpc) is 3.36. The third-order valence-electron chi connectivity index (χ3n) is 5.48. The van der Waals surface area contributed by atoms with Crippen molar-refractivity contribution < 1.29 is 35.9 Å². The topological polar surface area (TPSA) is 124 Å². The van der Waals surface area contributed by atoms with Crippen molar-refractivity contribution in [3.63, 3.8) is 0 Å². The second-order valence-electron chi connectivity index (χ2n) is 8.74. The van der Waals surface area contributed by atoms with E-state index in [2.05, 4.69) is 15.0 Å². The number of halogens is 3. The summed E-state index contributed by atoms with van der Waals surface area (Å²) in [5.74, 6) is -1.56. The fourth-order valence-electron chi connectivity index (χ4n) is 3.51. The molecule has 0 radical (unpaired) electrons. The molecule has 3 rings (SSSR count). The number of alkyl halides is 3. The lowest BCUT2D eigenvalue weighted by Crippen LogP contribution is -2.28. The Morgan fingerprint density at radius 1 is 1.25 bits per heavy atom. The zero-order valence-electron chi connectivity index (χ0n) is 20.3. The van der Waals surface area contributed by atoms with Gasteiger partial charge in [-0.15, -0.1) is 4.40 Å². The Balaban J connectivity index is 1.97. The molecule has 9 nitrogen and oxygen atoms in total. The van der Waals surface area contributed by atoms with Gasteiger partial charge in [-0.1, -0.05) is 20.8 Å². The van der Waals surface area contributed by atoms with Crippen LogP contribution in [0.4, 0.5) is 18.9 Å². The molecule has 0 spiro atoms. The Hall–Kier alpha value is -3.48. The molecule has 3 N–H and O–H groups in total. The maximum Gasteiger partial charge on any atom is 0.417 e. The number of nitrogens with one attached hydrogen (secondary N) is 2. The van der Waals surface area contributed by atoms with Gasteiger partial charge >= 0.3 is 6.18 Å². The number of furan rings is 1. The van der Waals surface area contributed by atoms with Crippen LogP contribution in [0.3, 0.4) is 0 Å². The van der Waals surface area contributed by atoms with E-state index in [1.807, 2.05) is 26.8 Å². The quantitative estimate of drug-likeness (QED) is 0.450. The molecule has 1 aromatic heterocycles. The van der Waals surface area contributed by atoms with Gasteiger partial charge in [0.2, 0.25) is 0 Å². The Morgan fingerprint density at radius 3 is 2.44 bits per heavy atom. The highest BCUT2D eigenvalue weighted by Gasteiger charge is 2.38. The van der Waals surface area contributed by atoms with Gasteiger partial charge < -0.3 is 25.1 Å². The van der Waals surface area contributed by atoms with Gasteiger partial charge in [-0.3, -0.25) is 4.79 Å². The van der Waals surface area contributed by atoms with Crippen molar-refractivity contribution in [1.82, 2.24) is 10.2 Å². The molecule has 13 heteroatoms. The molecule has 0 bridgehead atoms. The highest BCUT2D eigenvalue weighted by molar-refractivity contribution is 7.93. The predicted molar refractivity (Wildman–Crippen MR) is 128 cm³/mol. The second kappa shape index (κ2) is 9.88. The number of phenols is 1. The molecule has 0 unspecified atom stereocenters. The first-order chi connectivity index (χ1) is 16.6. The van der Waals surface area contributed by atoms with E-state index >= 15 is 0 Å². The number of sulfonamides is 1. The van der Waals surface area contributed by atoms with E-state index in [1.165, 1.54) is 14.1 Å². The van der Waals surface area contributed by atoms with Crippen LogP contribution in [0.25, 0.3) is 0 Å². The molecule has 0 aliphatic carbocycles. The Kier molecular flexibility index (Phi) is 7.44. The predicted octanol–water partition coefficient (Wildman–Crippen LogP) is 4.57. The SMILES string of the molecule is CC[C@@H](NC1=CS(=O)(=O)N=C1Nc1ccc(C(F)(F)F)c(C(=O)N(C)C)c1O)c1cc(C(C)C)co1. The molecular formula is C23H27F3N4O5S. The van der Waals surface area contributed by atoms with E-state index < -0.39 is 45.0 Å². The summed E-state index contributed by atoms with van der Waals surface area (Å²) in [5.41, 5.74) is -1.66. The highest BCUT2D eigenvalue weighted by Crippen LogP contribution is 2.40. The monoisotopic (exact) mass is 528 g/mol. The van der Waals surface area contributed by atoms with Gasteiger partial charge in [0.1, 0.15) is 5.76 Å². The molecule has 2 aromatic rings. The zero-order chi connectivity index (χ0) is 27.0. The van der Waals surface area contributed by atoms with Crippen LogP contribution in [0.1, 0.15) is 66.4 Å². The summed E-state index contributed by atoms with van der Waals surface area (Å²) in [5, 5.41) is 17.1. The number of aromatic hydroxyl groups is 1. The minimum absolute atomic E-state index is 0.0177. The van der Waals surface area contributed by atoms with E-state index in [4.69, 9.17) is 4.42 Å². The van der Waals surface area contributed by atoms with Crippen LogP contribution in [-0.2, 0) is 16.2 Å². The number of carbonyl (C=O) groups is 1. The van der Waals surface area contributed by atoms with Crippen molar-refractivity contribution in [2.75, 3.05) is 19.4 Å². The number of hydrogen-bond donors (Lipinski definition) is 3. The molecule has 0 saturated carbocycles. The molecule has 196 valence electrons. The van der Waals surface area contributed by atoms with E-state index in [0.29, 0.717) is 18.2 Å². The molecule has 1 amide bonds. The number of benzene rings is 1. The number of rotatable bonds is 7. The number of amidine groups is 1. The normalized spacial score (nSPS) is 15.9. The van der Waals surface area contributed by atoms with Crippen molar-refractivity contribution >= 4 is 27.5 Å². The minimum Gasteiger partial charge on any atom is -0.505 e. The van der Waals surface area contributed by atoms with Crippen LogP contribution in [0.2, 0.25) is 0 Å². The first-order valence-corrected chi connectivity index (χ1v) is 12.5. The number of anilines is 1. The van der Waals surface area contributed by atoms with Crippen molar-refractivity contribution in [2.45, 2.75) is 45.3 Å². The molecule has 1 atom stereocenters. The van der Waals surface area contributed by atoms with Crippen molar-refractivity contribution in [1.29, 1.82) is 0 Å². The van der Waals surface area contributed by atoms with Gasteiger partial charge in [-0.05, 0) is 36.1 Å². The zero-order valence-corrected chi connectivity index (χ0v) is 21.1. The van der Waals surface area contributed by atoms with Crippen molar-refractivity contribution in [3.05, 3.63) is 58.0 Å². The van der Waals surface area contributed by atoms with E-state index in [0.717, 1.165) is 21.9 Å². The molecule has 0 fully saturated rings. The third kappa shape index (κ3) is 5.66. The molecule has 2 heterocycles. The smallest absolute Gasteiger partial charge is 0.417 e. The van der Waals surface area contributed by atoms with Crippen molar-refractivity contribution in [2.24, 2.45) is 4.40 Å². The van der Waals surface area contributed by atoms with Crippen LogP contribution < -0.4 is 10.6 Å². The summed E-state index contributed by atoms with van der Waals surface area (Å²) in [6.45, 7) is 5.84. The summed E-state index contributed by atoms with van der Waals surface area (Å²) < 4.78 is 74.2. The standard InChI is InChI=1S/C23H27F3N4O5S/c1-6-15(18-9-13(10-35-18)12(2)3)27-17-11-36(33,34)29-21(17)28-16-8-7-14(23(24,25)26)19(20(16)31)22(32)30(4)5/h7-12,15,27,31H,6H2,1-5H3,(H,28,29)/t15-/m1/s1. The lowest BCUT2D eigenvalue weighted by Gasteiger charge is -2.21. The first kappa shape index (κ1) is 27.1. The summed E-state index contributed by atoms with van der Waals surface area (Å²) in [6.07, 6.45) is -2.80. The lowest BCUT2D eigenvalue weighted by molar-refractivity contribution is -0.138. The van der Waals surface area contributed by atoms with Crippen LogP contribution in [0.5, 0.6) is 5.75 Å². The average molecular weight is 529 g/mol. The van der Waals surface area contributed by atoms with Gasteiger partial charge in [-0.2, -0.15) is 21.6 Å². The van der Waals surface area contributed by atoms with Gasteiger partial charge in [-0.25, -0.2) is 0 Å². The molecule has 1 aliphatic heterocycles. The number of carbonyl (C=O) groups excluding carboxylic acids is 1. The van der Waals surface area contributed by atoms with Gasteiger partial charge in [0.25, 0.3) is 15.9 Å². The van der Waals surface area contributed by atoms with Crippen LogP contribution in [-0.4, -0.2) is 44.3 Å². The van der Waals surface area contributed by atoms with Gasteiger partial charge in [0.05, 0.1) is 40.2 Å². The summed E-state index contributed by atoms with van der Waals surface area (Å²) in [6, 6.07) is 2.93. The van der Waals surface area contributed by atoms with Gasteiger partial charge in [0.15, 0.2) is 11.6 Å². The molecular weight excluding hydrogens is 501 g/mol. The number of phenolic OH excluding ortho intramolecular Hbond substituents is 1. The lowest BCUT2D eigenvalue weighted by atomic mass is 10.0. The third-order valence-corrected chi connectivity index (χ3v) is 6.46. The second-order valence-corrected chi connectivity index (χ2v) is 10.2. The fourth-order valence-corrected chi connectivity index (χ4v) is 4.44. The maximum absolute atomic E-state index is 13.5. The van der Waals surface area contributed by atoms with Gasteiger partial charge in [0, 0.05) is 14.1 Å². The van der Waals surface area contributed by atoms with E-state index in [1.54, 1.807) is 6.26 Å². The van der Waals surface area contributed by atoms with E-state index in [9.17, 15) is 31.5 Å². The van der Waals surface area contributed by atoms with Crippen molar-refractivity contribution in [3.8, 4) is 5.75 Å².